The van der Waals surface area contributed by atoms with Crippen LogP contribution in [-0.4, -0.2) is 34.0 Å². The summed E-state index contributed by atoms with van der Waals surface area (Å²) in [7, 11) is 0. The van der Waals surface area contributed by atoms with Crippen molar-refractivity contribution in [3.8, 4) is 11.3 Å². The first-order chi connectivity index (χ1) is 13.4. The van der Waals surface area contributed by atoms with Gasteiger partial charge in [-0.2, -0.15) is 0 Å². The molecule has 4 rings (SSSR count). The van der Waals surface area contributed by atoms with Crippen LogP contribution in [0.1, 0.15) is 69.2 Å². The summed E-state index contributed by atoms with van der Waals surface area (Å²) in [6, 6.07) is 12.1. The Morgan fingerprint density at radius 2 is 1.79 bits per heavy atom. The molecule has 0 unspecified atom stereocenters. The largest absolute Gasteiger partial charge is 0.354 e. The summed E-state index contributed by atoms with van der Waals surface area (Å²) in [4.78, 5) is 10.7. The van der Waals surface area contributed by atoms with E-state index < -0.39 is 0 Å². The van der Waals surface area contributed by atoms with E-state index >= 15 is 0 Å². The smallest absolute Gasteiger partial charge is 0.0501 e. The van der Waals surface area contributed by atoms with E-state index in [0.717, 1.165) is 5.69 Å². The summed E-state index contributed by atoms with van der Waals surface area (Å²) < 4.78 is 0. The molecular weight excluding hydrogens is 342 g/mol. The highest BCUT2D eigenvalue weighted by atomic mass is 15.1. The number of benzene rings is 1. The number of nitrogens with zero attached hydrogens (tertiary/aromatic N) is 2. The Kier molecular flexibility index (Phi) is 5.29. The average Bonchev–Trinajstić information content (AvgIpc) is 3.07. The van der Waals surface area contributed by atoms with Gasteiger partial charge >= 0.3 is 0 Å². The lowest BCUT2D eigenvalue weighted by atomic mass is 9.87. The van der Waals surface area contributed by atoms with Gasteiger partial charge in [-0.1, -0.05) is 19.9 Å². The molecule has 1 fully saturated rings. The lowest BCUT2D eigenvalue weighted by molar-refractivity contribution is 0.172. The summed E-state index contributed by atoms with van der Waals surface area (Å²) in [5.41, 5.74) is 7.73. The van der Waals surface area contributed by atoms with Crippen molar-refractivity contribution in [1.29, 1.82) is 0 Å². The average molecular weight is 376 g/mol. The van der Waals surface area contributed by atoms with E-state index in [2.05, 4.69) is 79.8 Å². The first kappa shape index (κ1) is 19.2. The van der Waals surface area contributed by atoms with Crippen molar-refractivity contribution in [1.82, 2.24) is 14.9 Å². The maximum atomic E-state index is 4.37. The molecule has 28 heavy (non-hydrogen) atoms. The maximum absolute atomic E-state index is 4.37. The molecule has 0 spiro atoms. The van der Waals surface area contributed by atoms with E-state index in [1.807, 2.05) is 6.20 Å². The standard InChI is InChI=1S/C25H33N3/c1-16(2)24-22-15-20(19-9-12-28(13-10-19)17(3)4)6-7-23(22)27-25(24)21-8-11-26-18(5)14-21/h6-8,11,14-17,19,27H,9-10,12-13H2,1-5H3. The highest BCUT2D eigenvalue weighted by molar-refractivity contribution is 5.92. The first-order valence-electron chi connectivity index (χ1n) is 10.8. The van der Waals surface area contributed by atoms with Crippen molar-refractivity contribution in [3.05, 3.63) is 53.3 Å². The van der Waals surface area contributed by atoms with Crippen LogP contribution in [0, 0.1) is 6.92 Å². The number of likely N-dealkylation sites (tertiary alicyclic amines) is 1. The van der Waals surface area contributed by atoms with Crippen molar-refractivity contribution in [2.24, 2.45) is 0 Å². The predicted molar refractivity (Wildman–Crippen MR) is 119 cm³/mol. The molecule has 0 radical (unpaired) electrons. The molecule has 3 heterocycles. The van der Waals surface area contributed by atoms with Crippen molar-refractivity contribution >= 4 is 10.9 Å². The van der Waals surface area contributed by atoms with Crippen molar-refractivity contribution in [3.63, 3.8) is 0 Å². The molecule has 0 bridgehead atoms. The van der Waals surface area contributed by atoms with Crippen LogP contribution in [0.5, 0.6) is 0 Å². The third-order valence-corrected chi connectivity index (χ3v) is 6.36. The normalized spacial score (nSPS) is 16.5. The van der Waals surface area contributed by atoms with Gasteiger partial charge in [0.1, 0.15) is 0 Å². The molecule has 0 atom stereocenters. The van der Waals surface area contributed by atoms with Crippen molar-refractivity contribution < 1.29 is 0 Å². The van der Waals surface area contributed by atoms with Crippen LogP contribution in [-0.2, 0) is 0 Å². The Balaban J connectivity index is 1.72. The number of H-pyrrole nitrogens is 1. The zero-order chi connectivity index (χ0) is 19.8. The Hall–Kier alpha value is -2.13. The van der Waals surface area contributed by atoms with Gasteiger partial charge in [-0.3, -0.25) is 4.98 Å². The van der Waals surface area contributed by atoms with Crippen LogP contribution < -0.4 is 0 Å². The number of aryl methyl sites for hydroxylation is 1. The molecule has 0 amide bonds. The molecule has 3 aromatic rings. The predicted octanol–water partition coefficient (Wildman–Crippen LogP) is 6.25. The summed E-state index contributed by atoms with van der Waals surface area (Å²) in [6.45, 7) is 13.7. The minimum atomic E-state index is 0.468. The molecule has 2 aromatic heterocycles. The monoisotopic (exact) mass is 375 g/mol. The Labute approximate surface area is 169 Å². The summed E-state index contributed by atoms with van der Waals surface area (Å²) >= 11 is 0. The number of piperidine rings is 1. The van der Waals surface area contributed by atoms with Gasteiger partial charge in [0.05, 0.1) is 5.69 Å². The summed E-state index contributed by atoms with van der Waals surface area (Å²) in [6.07, 6.45) is 4.44. The van der Waals surface area contributed by atoms with E-state index in [1.54, 1.807) is 0 Å². The van der Waals surface area contributed by atoms with Crippen LogP contribution in [0.4, 0.5) is 0 Å². The van der Waals surface area contributed by atoms with Crippen LogP contribution in [0.25, 0.3) is 22.2 Å². The zero-order valence-electron chi connectivity index (χ0n) is 17.9. The number of hydrogen-bond acceptors (Lipinski definition) is 2. The van der Waals surface area contributed by atoms with E-state index in [-0.39, 0.29) is 0 Å². The quantitative estimate of drug-likeness (QED) is 0.584. The second-order valence-electron chi connectivity index (χ2n) is 8.96. The van der Waals surface area contributed by atoms with Gasteiger partial charge < -0.3 is 9.88 Å². The molecule has 1 aromatic carbocycles. The van der Waals surface area contributed by atoms with Crippen LogP contribution in [0.2, 0.25) is 0 Å². The number of hydrogen-bond donors (Lipinski definition) is 1. The molecule has 0 aliphatic carbocycles. The molecule has 3 nitrogen and oxygen atoms in total. The lowest BCUT2D eigenvalue weighted by Crippen LogP contribution is -2.37. The number of nitrogens with one attached hydrogen (secondary N) is 1. The number of fused-ring (bicyclic) bond motifs is 1. The van der Waals surface area contributed by atoms with E-state index in [9.17, 15) is 0 Å². The van der Waals surface area contributed by atoms with E-state index in [1.165, 1.54) is 59.2 Å². The van der Waals surface area contributed by atoms with Gasteiger partial charge in [0, 0.05) is 34.4 Å². The number of rotatable bonds is 4. The number of pyridine rings is 1. The van der Waals surface area contributed by atoms with Gasteiger partial charge in [0.25, 0.3) is 0 Å². The fraction of sp³-hybridized carbons (Fsp3) is 0.480. The number of aromatic nitrogens is 2. The van der Waals surface area contributed by atoms with Crippen molar-refractivity contribution in [2.75, 3.05) is 13.1 Å². The second-order valence-corrected chi connectivity index (χ2v) is 8.96. The third kappa shape index (κ3) is 3.60. The van der Waals surface area contributed by atoms with Gasteiger partial charge in [-0.05, 0) is 93.9 Å². The van der Waals surface area contributed by atoms with Crippen molar-refractivity contribution in [2.45, 2.75) is 65.3 Å². The van der Waals surface area contributed by atoms with E-state index in [0.29, 0.717) is 17.9 Å². The molecule has 3 heteroatoms. The third-order valence-electron chi connectivity index (χ3n) is 6.36. The Morgan fingerprint density at radius 1 is 1.04 bits per heavy atom. The molecular formula is C25H33N3. The van der Waals surface area contributed by atoms with Gasteiger partial charge in [0.2, 0.25) is 0 Å². The number of aromatic amines is 1. The molecule has 148 valence electrons. The molecule has 1 N–H and O–H groups in total. The molecule has 1 aliphatic heterocycles. The van der Waals surface area contributed by atoms with Crippen LogP contribution in [0.3, 0.4) is 0 Å². The highest BCUT2D eigenvalue weighted by Crippen LogP contribution is 2.38. The minimum Gasteiger partial charge on any atom is -0.354 e. The topological polar surface area (TPSA) is 31.9 Å². The summed E-state index contributed by atoms with van der Waals surface area (Å²) in [5, 5.41) is 1.39. The SMILES string of the molecule is Cc1cc(-c2[nH]c3ccc(C4CCN(C(C)C)CC4)cc3c2C(C)C)ccn1. The lowest BCUT2D eigenvalue weighted by Gasteiger charge is -2.34. The maximum Gasteiger partial charge on any atom is 0.0501 e. The second kappa shape index (κ2) is 7.71. The fourth-order valence-corrected chi connectivity index (χ4v) is 4.76. The first-order valence-corrected chi connectivity index (χ1v) is 10.8. The molecule has 1 saturated heterocycles. The zero-order valence-corrected chi connectivity index (χ0v) is 17.9. The van der Waals surface area contributed by atoms with Gasteiger partial charge in [0.15, 0.2) is 0 Å². The Morgan fingerprint density at radius 3 is 2.43 bits per heavy atom. The highest BCUT2D eigenvalue weighted by Gasteiger charge is 2.23. The summed E-state index contributed by atoms with van der Waals surface area (Å²) in [5.74, 6) is 1.15. The minimum absolute atomic E-state index is 0.468. The Bertz CT molecular complexity index is 959. The van der Waals surface area contributed by atoms with Gasteiger partial charge in [-0.15, -0.1) is 0 Å². The van der Waals surface area contributed by atoms with Crippen LogP contribution in [0.15, 0.2) is 36.5 Å². The molecule has 0 saturated carbocycles. The van der Waals surface area contributed by atoms with Crippen LogP contribution >= 0.6 is 0 Å². The van der Waals surface area contributed by atoms with E-state index in [4.69, 9.17) is 0 Å². The molecule has 1 aliphatic rings. The van der Waals surface area contributed by atoms with Gasteiger partial charge in [-0.25, -0.2) is 0 Å². The fourth-order valence-electron chi connectivity index (χ4n) is 4.76.